The highest BCUT2D eigenvalue weighted by Gasteiger charge is 2.08. The van der Waals surface area contributed by atoms with E-state index in [-0.39, 0.29) is 0 Å². The molecule has 0 radical (unpaired) electrons. The molecule has 0 unspecified atom stereocenters. The first-order valence-corrected chi connectivity index (χ1v) is 4.37. The van der Waals surface area contributed by atoms with Crippen molar-refractivity contribution in [2.45, 2.75) is 6.92 Å². The highest BCUT2D eigenvalue weighted by molar-refractivity contribution is 5.52. The second-order valence-corrected chi connectivity index (χ2v) is 3.29. The molecule has 66 valence electrons. The lowest BCUT2D eigenvalue weighted by atomic mass is 10.1. The molecule has 2 nitrogen and oxygen atoms in total. The number of nitrogens with zero attached hydrogens (tertiary/aromatic N) is 1. The van der Waals surface area contributed by atoms with Gasteiger partial charge in [0.05, 0.1) is 12.6 Å². The third-order valence-corrected chi connectivity index (χ3v) is 2.20. The predicted molar refractivity (Wildman–Crippen MR) is 52.1 cm³/mol. The number of hydrogen-bond donors (Lipinski definition) is 1. The van der Waals surface area contributed by atoms with Gasteiger partial charge in [-0.1, -0.05) is 17.7 Å². The first-order valence-electron chi connectivity index (χ1n) is 4.37. The molecule has 0 amide bonds. The van der Waals surface area contributed by atoms with Gasteiger partial charge >= 0.3 is 0 Å². The van der Waals surface area contributed by atoms with E-state index in [1.54, 1.807) is 0 Å². The van der Waals surface area contributed by atoms with Crippen LogP contribution in [0.5, 0.6) is 0 Å². The zero-order chi connectivity index (χ0) is 9.26. The zero-order valence-corrected chi connectivity index (χ0v) is 7.91. The van der Waals surface area contributed by atoms with Gasteiger partial charge in [-0.05, 0) is 19.1 Å². The summed E-state index contributed by atoms with van der Waals surface area (Å²) in [6.45, 7) is 2.10. The van der Waals surface area contributed by atoms with Crippen LogP contribution >= 0.6 is 0 Å². The standard InChI is InChI=1S/C11H12N2/c1-9-3-5-10(6-4-9)11-12-7-8-13(11)2/h3-8H,1-2H3/p+1. The second-order valence-electron chi connectivity index (χ2n) is 3.29. The van der Waals surface area contributed by atoms with Crippen molar-refractivity contribution in [3.8, 4) is 11.4 Å². The largest absolute Gasteiger partial charge is 0.286 e. The summed E-state index contributed by atoms with van der Waals surface area (Å²) in [6.07, 6.45) is 3.95. The van der Waals surface area contributed by atoms with Crippen LogP contribution in [0.2, 0.25) is 0 Å². The van der Waals surface area contributed by atoms with E-state index in [2.05, 4.69) is 40.7 Å². The number of rotatable bonds is 1. The van der Waals surface area contributed by atoms with Crippen molar-refractivity contribution < 1.29 is 4.57 Å². The Labute approximate surface area is 77.9 Å². The molecule has 0 bridgehead atoms. The van der Waals surface area contributed by atoms with E-state index in [1.807, 2.05) is 19.4 Å². The highest BCUT2D eigenvalue weighted by atomic mass is 15.0. The molecule has 0 saturated carbocycles. The van der Waals surface area contributed by atoms with Gasteiger partial charge < -0.3 is 0 Å². The molecule has 0 aliphatic heterocycles. The van der Waals surface area contributed by atoms with E-state index in [9.17, 15) is 0 Å². The minimum atomic E-state index is 1.14. The summed E-state index contributed by atoms with van der Waals surface area (Å²) in [4.78, 5) is 3.20. The lowest BCUT2D eigenvalue weighted by molar-refractivity contribution is -0.658. The van der Waals surface area contributed by atoms with Gasteiger partial charge in [-0.25, -0.2) is 9.55 Å². The van der Waals surface area contributed by atoms with Gasteiger partial charge in [0, 0.05) is 0 Å². The first kappa shape index (κ1) is 8.05. The molecule has 0 spiro atoms. The molecular weight excluding hydrogens is 160 g/mol. The molecule has 1 aromatic carbocycles. The van der Waals surface area contributed by atoms with Gasteiger partial charge in [-0.3, -0.25) is 0 Å². The van der Waals surface area contributed by atoms with Crippen LogP contribution in [0.3, 0.4) is 0 Å². The van der Waals surface area contributed by atoms with Crippen LogP contribution in [0.15, 0.2) is 36.7 Å². The zero-order valence-electron chi connectivity index (χ0n) is 7.91. The maximum Gasteiger partial charge on any atom is 0.286 e. The van der Waals surface area contributed by atoms with E-state index >= 15 is 0 Å². The predicted octanol–water partition coefficient (Wildman–Crippen LogP) is 1.81. The molecular formula is C11H13N2+. The molecule has 2 heteroatoms. The Kier molecular flexibility index (Phi) is 1.89. The lowest BCUT2D eigenvalue weighted by Gasteiger charge is -1.95. The van der Waals surface area contributed by atoms with E-state index in [0.717, 1.165) is 5.82 Å². The monoisotopic (exact) mass is 173 g/mol. The van der Waals surface area contributed by atoms with Gasteiger partial charge in [0.15, 0.2) is 0 Å². The smallest absolute Gasteiger partial charge is 0.243 e. The Morgan fingerprint density at radius 2 is 1.85 bits per heavy atom. The van der Waals surface area contributed by atoms with Crippen molar-refractivity contribution in [3.63, 3.8) is 0 Å². The fourth-order valence-electron chi connectivity index (χ4n) is 1.40. The van der Waals surface area contributed by atoms with Crippen molar-refractivity contribution >= 4 is 0 Å². The normalized spacial score (nSPS) is 10.3. The van der Waals surface area contributed by atoms with E-state index in [1.165, 1.54) is 11.1 Å². The summed E-state index contributed by atoms with van der Waals surface area (Å²) in [5.41, 5.74) is 2.51. The maximum absolute atomic E-state index is 3.20. The molecule has 1 heterocycles. The van der Waals surface area contributed by atoms with Crippen LogP contribution in [0, 0.1) is 6.92 Å². The number of hydrogen-bond acceptors (Lipinski definition) is 0. The van der Waals surface area contributed by atoms with Crippen LogP contribution in [0.4, 0.5) is 0 Å². The molecule has 0 aliphatic rings. The summed E-state index contributed by atoms with van der Waals surface area (Å²) in [5, 5.41) is 0. The van der Waals surface area contributed by atoms with E-state index < -0.39 is 0 Å². The van der Waals surface area contributed by atoms with Crippen molar-refractivity contribution in [3.05, 3.63) is 42.2 Å². The summed E-state index contributed by atoms with van der Waals surface area (Å²) in [5.74, 6) is 1.14. The molecule has 13 heavy (non-hydrogen) atoms. The van der Waals surface area contributed by atoms with Crippen molar-refractivity contribution in [2.24, 2.45) is 7.05 Å². The van der Waals surface area contributed by atoms with Crippen LogP contribution in [-0.4, -0.2) is 4.98 Å². The van der Waals surface area contributed by atoms with Gasteiger partial charge in [0.2, 0.25) is 0 Å². The molecule has 0 saturated heterocycles. The fourth-order valence-corrected chi connectivity index (χ4v) is 1.40. The molecule has 2 aromatic rings. The van der Waals surface area contributed by atoms with Gasteiger partial charge in [-0.2, -0.15) is 0 Å². The average molecular weight is 173 g/mol. The Morgan fingerprint density at radius 3 is 2.38 bits per heavy atom. The summed E-state index contributed by atoms with van der Waals surface area (Å²) < 4.78 is 2.07. The Hall–Kier alpha value is -1.57. The quantitative estimate of drug-likeness (QED) is 0.635. The number of aryl methyl sites for hydroxylation is 2. The Balaban J connectivity index is 2.47. The number of H-pyrrole nitrogens is 1. The summed E-state index contributed by atoms with van der Waals surface area (Å²) in [7, 11) is 2.03. The molecule has 0 atom stereocenters. The number of aromatic nitrogens is 2. The van der Waals surface area contributed by atoms with Crippen molar-refractivity contribution in [1.29, 1.82) is 0 Å². The number of imidazole rings is 1. The summed E-state index contributed by atoms with van der Waals surface area (Å²) in [6, 6.07) is 8.49. The summed E-state index contributed by atoms with van der Waals surface area (Å²) >= 11 is 0. The Morgan fingerprint density at radius 1 is 1.15 bits per heavy atom. The molecule has 0 aliphatic carbocycles. The fraction of sp³-hybridized carbons (Fsp3) is 0.182. The highest BCUT2D eigenvalue weighted by Crippen LogP contribution is 2.12. The molecule has 2 rings (SSSR count). The van der Waals surface area contributed by atoms with Crippen LogP contribution in [-0.2, 0) is 7.05 Å². The van der Waals surface area contributed by atoms with E-state index in [4.69, 9.17) is 0 Å². The third-order valence-electron chi connectivity index (χ3n) is 2.20. The molecule has 1 N–H and O–H groups in total. The van der Waals surface area contributed by atoms with Crippen LogP contribution < -0.4 is 4.57 Å². The molecule has 0 fully saturated rings. The van der Waals surface area contributed by atoms with Crippen LogP contribution in [0.1, 0.15) is 5.56 Å². The first-order chi connectivity index (χ1) is 6.27. The average Bonchev–Trinajstić information content (AvgIpc) is 2.53. The minimum absolute atomic E-state index is 1.14. The maximum atomic E-state index is 3.20. The van der Waals surface area contributed by atoms with Gasteiger partial charge in [0.25, 0.3) is 5.82 Å². The van der Waals surface area contributed by atoms with Gasteiger partial charge in [-0.15, -0.1) is 0 Å². The SMILES string of the molecule is Cc1ccc(-c2[nH]cc[n+]2C)cc1. The topological polar surface area (TPSA) is 19.7 Å². The molecule has 1 aromatic heterocycles. The number of benzene rings is 1. The minimum Gasteiger partial charge on any atom is -0.243 e. The van der Waals surface area contributed by atoms with Crippen molar-refractivity contribution in [2.75, 3.05) is 0 Å². The second kappa shape index (κ2) is 3.05. The van der Waals surface area contributed by atoms with Gasteiger partial charge in [0.1, 0.15) is 12.4 Å². The van der Waals surface area contributed by atoms with Crippen LogP contribution in [0.25, 0.3) is 11.4 Å². The third kappa shape index (κ3) is 1.47. The number of nitrogens with one attached hydrogen (secondary N) is 1. The van der Waals surface area contributed by atoms with E-state index in [0.29, 0.717) is 0 Å². The Bertz CT molecular complexity index is 398. The van der Waals surface area contributed by atoms with Crippen molar-refractivity contribution in [1.82, 2.24) is 4.98 Å². The number of aromatic amines is 1. The lowest BCUT2D eigenvalue weighted by Crippen LogP contribution is -2.27.